The molecule has 0 spiro atoms. The van der Waals surface area contributed by atoms with E-state index >= 15 is 0 Å². The second kappa shape index (κ2) is 8.45. The van der Waals surface area contributed by atoms with Crippen LogP contribution in [0.25, 0.3) is 5.69 Å². The third-order valence-corrected chi connectivity index (χ3v) is 5.46. The van der Waals surface area contributed by atoms with Crippen LogP contribution in [0.4, 0.5) is 0 Å². The Bertz CT molecular complexity index is 1080. The number of para-hydroxylation sites is 1. The molecule has 2 aromatic carbocycles. The van der Waals surface area contributed by atoms with Crippen LogP contribution in [0.5, 0.6) is 5.75 Å². The Balaban J connectivity index is 1.78. The van der Waals surface area contributed by atoms with Crippen molar-refractivity contribution >= 4 is 27.8 Å². The minimum atomic E-state index is -3.81. The second-order valence-corrected chi connectivity index (χ2v) is 7.81. The van der Waals surface area contributed by atoms with Crippen LogP contribution in [0.3, 0.4) is 0 Å². The van der Waals surface area contributed by atoms with Crippen LogP contribution in [0.1, 0.15) is 18.2 Å². The van der Waals surface area contributed by atoms with E-state index in [1.807, 2.05) is 37.3 Å². The minimum absolute atomic E-state index is 0.0795. The normalized spacial score (nSPS) is 11.7. The lowest BCUT2D eigenvalue weighted by atomic mass is 10.3. The van der Waals surface area contributed by atoms with E-state index in [4.69, 9.17) is 16.3 Å². The van der Waals surface area contributed by atoms with Crippen molar-refractivity contribution in [2.24, 2.45) is 5.10 Å². The van der Waals surface area contributed by atoms with Gasteiger partial charge in [0.15, 0.2) is 0 Å². The van der Waals surface area contributed by atoms with Crippen molar-refractivity contribution in [3.63, 3.8) is 0 Å². The van der Waals surface area contributed by atoms with Crippen LogP contribution in [-0.2, 0) is 10.0 Å². The average Bonchev–Trinajstić information content (AvgIpc) is 2.97. The molecule has 1 heterocycles. The number of aromatic nitrogens is 2. The Kier molecular flexibility index (Phi) is 6.01. The molecule has 0 aliphatic heterocycles. The number of sulfonamides is 1. The first-order valence-corrected chi connectivity index (χ1v) is 10.4. The van der Waals surface area contributed by atoms with Gasteiger partial charge in [0.05, 0.1) is 34.7 Å². The van der Waals surface area contributed by atoms with Crippen LogP contribution >= 0.6 is 11.6 Å². The Labute approximate surface area is 168 Å². The third kappa shape index (κ3) is 4.35. The monoisotopic (exact) mass is 418 g/mol. The Morgan fingerprint density at radius 3 is 2.50 bits per heavy atom. The molecule has 0 saturated carbocycles. The average molecular weight is 419 g/mol. The Morgan fingerprint density at radius 1 is 1.18 bits per heavy atom. The van der Waals surface area contributed by atoms with E-state index < -0.39 is 10.0 Å². The highest BCUT2D eigenvalue weighted by Crippen LogP contribution is 2.22. The molecule has 0 radical (unpaired) electrons. The second-order valence-electron chi connectivity index (χ2n) is 5.79. The predicted octanol–water partition coefficient (Wildman–Crippen LogP) is 3.55. The van der Waals surface area contributed by atoms with Gasteiger partial charge in [-0.2, -0.15) is 18.6 Å². The summed E-state index contributed by atoms with van der Waals surface area (Å²) in [4.78, 5) is 2.26. The smallest absolute Gasteiger partial charge is 0.276 e. The number of hydrogen-bond donors (Lipinski definition) is 1. The van der Waals surface area contributed by atoms with E-state index in [-0.39, 0.29) is 4.90 Å². The first-order valence-electron chi connectivity index (χ1n) is 8.50. The summed E-state index contributed by atoms with van der Waals surface area (Å²) in [6.45, 7) is 4.13. The summed E-state index contributed by atoms with van der Waals surface area (Å²) in [5.41, 5.74) is 1.95. The molecule has 28 heavy (non-hydrogen) atoms. The quantitative estimate of drug-likeness (QED) is 0.469. The zero-order chi connectivity index (χ0) is 20.1. The maximum absolute atomic E-state index is 12.4. The molecule has 0 saturated heterocycles. The summed E-state index contributed by atoms with van der Waals surface area (Å²) in [5, 5.41) is 8.57. The van der Waals surface area contributed by atoms with Crippen molar-refractivity contribution in [2.45, 2.75) is 18.7 Å². The number of nitrogens with zero attached hydrogens (tertiary/aromatic N) is 3. The highest BCUT2D eigenvalue weighted by atomic mass is 35.5. The lowest BCUT2D eigenvalue weighted by molar-refractivity contribution is 0.340. The zero-order valence-electron chi connectivity index (χ0n) is 15.3. The molecule has 146 valence electrons. The van der Waals surface area contributed by atoms with Gasteiger partial charge >= 0.3 is 0 Å². The van der Waals surface area contributed by atoms with Crippen LogP contribution in [0.15, 0.2) is 64.6 Å². The highest BCUT2D eigenvalue weighted by molar-refractivity contribution is 7.89. The molecule has 9 heteroatoms. The van der Waals surface area contributed by atoms with E-state index in [0.29, 0.717) is 28.8 Å². The number of hydrogen-bond acceptors (Lipinski definition) is 5. The fraction of sp³-hybridized carbons (Fsp3) is 0.158. The van der Waals surface area contributed by atoms with Gasteiger partial charge in [0.1, 0.15) is 10.9 Å². The van der Waals surface area contributed by atoms with Gasteiger partial charge in [-0.25, -0.2) is 9.51 Å². The van der Waals surface area contributed by atoms with E-state index in [2.05, 4.69) is 15.0 Å². The molecular weight excluding hydrogens is 400 g/mol. The molecule has 0 aliphatic carbocycles. The van der Waals surface area contributed by atoms with Gasteiger partial charge in [0.2, 0.25) is 0 Å². The van der Waals surface area contributed by atoms with Crippen molar-refractivity contribution in [3.05, 3.63) is 71.0 Å². The number of aryl methyl sites for hydroxylation is 1. The van der Waals surface area contributed by atoms with Crippen molar-refractivity contribution in [1.82, 2.24) is 14.6 Å². The van der Waals surface area contributed by atoms with E-state index in [0.717, 1.165) is 5.69 Å². The summed E-state index contributed by atoms with van der Waals surface area (Å²) in [6.07, 6.45) is 1.34. The van der Waals surface area contributed by atoms with Crippen LogP contribution in [-0.4, -0.2) is 31.0 Å². The predicted molar refractivity (Wildman–Crippen MR) is 109 cm³/mol. The maximum Gasteiger partial charge on any atom is 0.276 e. The lowest BCUT2D eigenvalue weighted by Crippen LogP contribution is -2.18. The summed E-state index contributed by atoms with van der Waals surface area (Å²) in [5.74, 6) is 0.598. The van der Waals surface area contributed by atoms with Crippen molar-refractivity contribution in [3.8, 4) is 11.4 Å². The molecule has 0 fully saturated rings. The lowest BCUT2D eigenvalue weighted by Gasteiger charge is -2.05. The first kappa shape index (κ1) is 19.9. The van der Waals surface area contributed by atoms with Crippen LogP contribution in [0.2, 0.25) is 5.15 Å². The summed E-state index contributed by atoms with van der Waals surface area (Å²) >= 11 is 6.40. The number of rotatable bonds is 7. The zero-order valence-corrected chi connectivity index (χ0v) is 16.9. The SMILES string of the molecule is CCOc1ccc(S(=O)(=O)N/N=C/c2c(C)nn(-c3ccccc3)c2Cl)cc1. The standard InChI is InChI=1S/C19H19ClN4O3S/c1-3-27-16-9-11-17(12-10-16)28(25,26)23-21-13-18-14(2)22-24(19(18)20)15-7-5-4-6-8-15/h4-13,23H,3H2,1-2H3/b21-13+. The van der Waals surface area contributed by atoms with Gasteiger partial charge in [-0.05, 0) is 50.2 Å². The molecule has 3 rings (SSSR count). The van der Waals surface area contributed by atoms with Gasteiger partial charge in [-0.15, -0.1) is 0 Å². The van der Waals surface area contributed by atoms with Crippen molar-refractivity contribution in [2.75, 3.05) is 6.61 Å². The molecule has 1 aromatic heterocycles. The summed E-state index contributed by atoms with van der Waals surface area (Å²) < 4.78 is 31.6. The molecule has 3 aromatic rings. The molecule has 7 nitrogen and oxygen atoms in total. The van der Waals surface area contributed by atoms with E-state index in [1.165, 1.54) is 18.3 Å². The number of benzene rings is 2. The molecule has 0 unspecified atom stereocenters. The minimum Gasteiger partial charge on any atom is -0.494 e. The van der Waals surface area contributed by atoms with Crippen LogP contribution in [0, 0.1) is 6.92 Å². The van der Waals surface area contributed by atoms with Gasteiger partial charge < -0.3 is 4.74 Å². The van der Waals surface area contributed by atoms with Gasteiger partial charge in [0, 0.05) is 0 Å². The van der Waals surface area contributed by atoms with Crippen molar-refractivity contribution < 1.29 is 13.2 Å². The van der Waals surface area contributed by atoms with Crippen LogP contribution < -0.4 is 9.57 Å². The Morgan fingerprint density at radius 2 is 1.86 bits per heavy atom. The number of ether oxygens (including phenoxy) is 1. The molecule has 0 amide bonds. The first-order chi connectivity index (χ1) is 13.4. The van der Waals surface area contributed by atoms with E-state index in [1.54, 1.807) is 23.7 Å². The topological polar surface area (TPSA) is 85.6 Å². The summed E-state index contributed by atoms with van der Waals surface area (Å²) in [7, 11) is -3.81. The molecule has 0 bridgehead atoms. The number of halogens is 1. The number of hydrazone groups is 1. The molecular formula is C19H19ClN4O3S. The van der Waals surface area contributed by atoms with E-state index in [9.17, 15) is 8.42 Å². The van der Waals surface area contributed by atoms with Gasteiger partial charge in [-0.3, -0.25) is 0 Å². The fourth-order valence-electron chi connectivity index (χ4n) is 2.49. The van der Waals surface area contributed by atoms with Gasteiger partial charge in [0.25, 0.3) is 10.0 Å². The highest BCUT2D eigenvalue weighted by Gasteiger charge is 2.15. The molecule has 1 N–H and O–H groups in total. The van der Waals surface area contributed by atoms with Crippen molar-refractivity contribution in [1.29, 1.82) is 0 Å². The summed E-state index contributed by atoms with van der Waals surface area (Å²) in [6, 6.07) is 15.5. The molecule has 0 aliphatic rings. The maximum atomic E-state index is 12.4. The third-order valence-electron chi connectivity index (χ3n) is 3.86. The fourth-order valence-corrected chi connectivity index (χ4v) is 3.60. The Hall–Kier alpha value is -2.84. The largest absolute Gasteiger partial charge is 0.494 e. The molecule has 0 atom stereocenters. The number of nitrogens with one attached hydrogen (secondary N) is 1. The van der Waals surface area contributed by atoms with Gasteiger partial charge in [-0.1, -0.05) is 29.8 Å².